The number of anilines is 1. The molecular weight excluding hydrogens is 238 g/mol. The maximum atomic E-state index is 4.29. The van der Waals surface area contributed by atoms with Crippen molar-refractivity contribution in [2.24, 2.45) is 10.2 Å². The first kappa shape index (κ1) is 13.3. The number of nitrogens with one attached hydrogen (secondary N) is 2. The maximum Gasteiger partial charge on any atom is 0.176 e. The lowest BCUT2D eigenvalue weighted by Gasteiger charge is -2.20. The maximum absolute atomic E-state index is 4.29. The number of azo groups is 1. The fourth-order valence-corrected chi connectivity index (χ4v) is 1.59. The van der Waals surface area contributed by atoms with Gasteiger partial charge in [-0.3, -0.25) is 5.10 Å². The zero-order chi connectivity index (χ0) is 13.9. The Hall–Kier alpha value is -2.17. The van der Waals surface area contributed by atoms with Crippen LogP contribution >= 0.6 is 0 Å². The SMILES string of the molecule is Cc1[nH]nc(NC(C)(C)C)c1N=Nc1ccccc1. The Bertz CT molecular complexity index is 563. The Morgan fingerprint density at radius 2 is 1.79 bits per heavy atom. The highest BCUT2D eigenvalue weighted by atomic mass is 15.3. The molecule has 1 aromatic heterocycles. The van der Waals surface area contributed by atoms with Gasteiger partial charge in [0.15, 0.2) is 11.5 Å². The molecule has 0 unspecified atom stereocenters. The average molecular weight is 257 g/mol. The molecule has 1 heterocycles. The molecule has 5 heteroatoms. The lowest BCUT2D eigenvalue weighted by molar-refractivity contribution is 0.630. The summed E-state index contributed by atoms with van der Waals surface area (Å²) >= 11 is 0. The molecule has 0 atom stereocenters. The van der Waals surface area contributed by atoms with E-state index in [9.17, 15) is 0 Å². The highest BCUT2D eigenvalue weighted by Gasteiger charge is 2.16. The smallest absolute Gasteiger partial charge is 0.176 e. The van der Waals surface area contributed by atoms with Gasteiger partial charge in [0.05, 0.1) is 11.4 Å². The molecule has 5 nitrogen and oxygen atoms in total. The van der Waals surface area contributed by atoms with Crippen molar-refractivity contribution < 1.29 is 0 Å². The van der Waals surface area contributed by atoms with Crippen LogP contribution in [0.15, 0.2) is 40.6 Å². The third-order valence-electron chi connectivity index (χ3n) is 2.43. The summed E-state index contributed by atoms with van der Waals surface area (Å²) in [7, 11) is 0. The van der Waals surface area contributed by atoms with E-state index in [0.29, 0.717) is 0 Å². The topological polar surface area (TPSA) is 65.4 Å². The van der Waals surface area contributed by atoms with Crippen molar-refractivity contribution in [1.29, 1.82) is 0 Å². The van der Waals surface area contributed by atoms with Crippen molar-refractivity contribution in [3.63, 3.8) is 0 Å². The molecule has 0 bridgehead atoms. The summed E-state index contributed by atoms with van der Waals surface area (Å²) in [6.07, 6.45) is 0. The third kappa shape index (κ3) is 3.64. The second kappa shape index (κ2) is 5.22. The van der Waals surface area contributed by atoms with Crippen LogP contribution in [0.3, 0.4) is 0 Å². The van der Waals surface area contributed by atoms with Gasteiger partial charge in [-0.2, -0.15) is 10.2 Å². The summed E-state index contributed by atoms with van der Waals surface area (Å²) in [6, 6.07) is 9.65. The molecule has 19 heavy (non-hydrogen) atoms. The van der Waals surface area contributed by atoms with Gasteiger partial charge in [0.1, 0.15) is 0 Å². The number of aryl methyl sites for hydroxylation is 1. The first-order chi connectivity index (χ1) is 8.96. The standard InChI is InChI=1S/C14H19N5/c1-10-12(13(19-16-10)15-14(2,3)4)18-17-11-8-6-5-7-9-11/h5-9H,1-4H3,(H2,15,16,19). The van der Waals surface area contributed by atoms with Crippen LogP contribution in [0.25, 0.3) is 0 Å². The molecule has 0 radical (unpaired) electrons. The molecule has 0 spiro atoms. The van der Waals surface area contributed by atoms with Crippen molar-refractivity contribution in [2.75, 3.05) is 5.32 Å². The molecular formula is C14H19N5. The lowest BCUT2D eigenvalue weighted by atomic mass is 10.1. The van der Waals surface area contributed by atoms with Crippen LogP contribution in [0.4, 0.5) is 17.2 Å². The van der Waals surface area contributed by atoms with Crippen LogP contribution in [0.1, 0.15) is 26.5 Å². The van der Waals surface area contributed by atoms with Gasteiger partial charge in [-0.05, 0) is 39.8 Å². The van der Waals surface area contributed by atoms with E-state index in [-0.39, 0.29) is 5.54 Å². The summed E-state index contributed by atoms with van der Waals surface area (Å²) in [5.41, 5.74) is 2.40. The fraction of sp³-hybridized carbons (Fsp3) is 0.357. The summed E-state index contributed by atoms with van der Waals surface area (Å²) in [6.45, 7) is 8.17. The average Bonchev–Trinajstić information content (AvgIpc) is 2.67. The van der Waals surface area contributed by atoms with Gasteiger partial charge in [0.2, 0.25) is 0 Å². The molecule has 0 fully saturated rings. The van der Waals surface area contributed by atoms with Crippen LogP contribution in [0.5, 0.6) is 0 Å². The Morgan fingerprint density at radius 1 is 1.11 bits per heavy atom. The van der Waals surface area contributed by atoms with Gasteiger partial charge in [-0.25, -0.2) is 0 Å². The van der Waals surface area contributed by atoms with Crippen LogP contribution < -0.4 is 5.32 Å². The van der Waals surface area contributed by atoms with Crippen LogP contribution in [-0.2, 0) is 0 Å². The number of nitrogens with zero attached hydrogens (tertiary/aromatic N) is 3. The molecule has 0 saturated heterocycles. The van der Waals surface area contributed by atoms with E-state index in [2.05, 4.69) is 46.5 Å². The van der Waals surface area contributed by atoms with E-state index in [1.54, 1.807) is 0 Å². The Kier molecular flexibility index (Phi) is 3.64. The molecule has 2 aromatic rings. The zero-order valence-electron chi connectivity index (χ0n) is 11.7. The lowest BCUT2D eigenvalue weighted by Crippen LogP contribution is -2.26. The van der Waals surface area contributed by atoms with Crippen LogP contribution in [-0.4, -0.2) is 15.7 Å². The zero-order valence-corrected chi connectivity index (χ0v) is 11.7. The number of aromatic amines is 1. The number of hydrogen-bond donors (Lipinski definition) is 2. The predicted molar refractivity (Wildman–Crippen MR) is 77.3 cm³/mol. The Balaban J connectivity index is 2.25. The minimum Gasteiger partial charge on any atom is -0.362 e. The van der Waals surface area contributed by atoms with Crippen molar-refractivity contribution in [3.8, 4) is 0 Å². The fourth-order valence-electron chi connectivity index (χ4n) is 1.59. The van der Waals surface area contributed by atoms with E-state index >= 15 is 0 Å². The van der Waals surface area contributed by atoms with Gasteiger partial charge in [-0.1, -0.05) is 18.2 Å². The Morgan fingerprint density at radius 3 is 2.42 bits per heavy atom. The number of benzene rings is 1. The minimum absolute atomic E-state index is 0.0708. The van der Waals surface area contributed by atoms with E-state index in [1.165, 1.54) is 0 Å². The number of hydrogen-bond acceptors (Lipinski definition) is 4. The molecule has 0 aliphatic carbocycles. The van der Waals surface area contributed by atoms with E-state index in [4.69, 9.17) is 0 Å². The first-order valence-electron chi connectivity index (χ1n) is 6.26. The minimum atomic E-state index is -0.0708. The van der Waals surface area contributed by atoms with Crippen LogP contribution in [0, 0.1) is 6.92 Å². The summed E-state index contributed by atoms with van der Waals surface area (Å²) in [5, 5.41) is 19.0. The molecule has 100 valence electrons. The van der Waals surface area contributed by atoms with Crippen molar-refractivity contribution in [2.45, 2.75) is 33.2 Å². The van der Waals surface area contributed by atoms with Gasteiger partial charge in [0, 0.05) is 5.54 Å². The summed E-state index contributed by atoms with van der Waals surface area (Å²) < 4.78 is 0. The second-order valence-corrected chi connectivity index (χ2v) is 5.46. The molecule has 2 N–H and O–H groups in total. The monoisotopic (exact) mass is 257 g/mol. The van der Waals surface area contributed by atoms with Crippen molar-refractivity contribution in [1.82, 2.24) is 10.2 Å². The van der Waals surface area contributed by atoms with Gasteiger partial charge >= 0.3 is 0 Å². The summed E-state index contributed by atoms with van der Waals surface area (Å²) in [5.74, 6) is 0.727. The van der Waals surface area contributed by atoms with E-state index in [0.717, 1.165) is 22.9 Å². The molecule has 0 aliphatic heterocycles. The van der Waals surface area contributed by atoms with Gasteiger partial charge in [0.25, 0.3) is 0 Å². The molecule has 2 rings (SSSR count). The van der Waals surface area contributed by atoms with Crippen LogP contribution in [0.2, 0.25) is 0 Å². The number of H-pyrrole nitrogens is 1. The van der Waals surface area contributed by atoms with Gasteiger partial charge in [-0.15, -0.1) is 5.11 Å². The Labute approximate surface area is 113 Å². The highest BCUT2D eigenvalue weighted by molar-refractivity contribution is 5.63. The van der Waals surface area contributed by atoms with Crippen molar-refractivity contribution >= 4 is 17.2 Å². The van der Waals surface area contributed by atoms with Gasteiger partial charge < -0.3 is 5.32 Å². The molecule has 0 aliphatic rings. The number of rotatable bonds is 3. The van der Waals surface area contributed by atoms with E-state index < -0.39 is 0 Å². The summed E-state index contributed by atoms with van der Waals surface area (Å²) in [4.78, 5) is 0. The number of aromatic nitrogens is 2. The first-order valence-corrected chi connectivity index (χ1v) is 6.26. The molecule has 1 aromatic carbocycles. The van der Waals surface area contributed by atoms with E-state index in [1.807, 2.05) is 37.3 Å². The largest absolute Gasteiger partial charge is 0.362 e. The highest BCUT2D eigenvalue weighted by Crippen LogP contribution is 2.30. The quantitative estimate of drug-likeness (QED) is 0.803. The molecule has 0 saturated carbocycles. The normalized spacial score (nSPS) is 12.0. The molecule has 0 amide bonds. The van der Waals surface area contributed by atoms with Crippen molar-refractivity contribution in [3.05, 3.63) is 36.0 Å². The second-order valence-electron chi connectivity index (χ2n) is 5.46. The predicted octanol–water partition coefficient (Wildman–Crippen LogP) is 4.34. The third-order valence-corrected chi connectivity index (χ3v) is 2.43.